The summed E-state index contributed by atoms with van der Waals surface area (Å²) in [6.45, 7) is 19.9. The Morgan fingerprint density at radius 1 is 0.312 bits per heavy atom. The van der Waals surface area contributed by atoms with Gasteiger partial charge in [0.15, 0.2) is 0 Å². The van der Waals surface area contributed by atoms with E-state index in [2.05, 4.69) is 277 Å². The zero-order valence-corrected chi connectivity index (χ0v) is 45.3. The van der Waals surface area contributed by atoms with Crippen molar-refractivity contribution in [2.75, 3.05) is 10.2 Å². The Labute approximate surface area is 452 Å². The molecular weight excluding hydrogens is 937 g/mol. The summed E-state index contributed by atoms with van der Waals surface area (Å²) in [6.07, 6.45) is 8.80. The molecule has 2 aliphatic rings. The van der Waals surface area contributed by atoms with Crippen LogP contribution in [0.25, 0.3) is 90.9 Å². The molecule has 376 valence electrons. The first-order valence-electron chi connectivity index (χ1n) is 26.6. The van der Waals surface area contributed by atoms with Gasteiger partial charge in [-0.05, 0) is 227 Å². The quantitative estimate of drug-likeness (QED) is 0.135. The number of aryl methyl sites for hydroxylation is 9. The van der Waals surface area contributed by atoms with E-state index in [1.54, 1.807) is 0 Å². The number of nitrogens with zero attached hydrogens (tertiary/aromatic N) is 3. The molecule has 6 nitrogen and oxygen atoms in total. The van der Waals surface area contributed by atoms with Crippen molar-refractivity contribution in [1.29, 1.82) is 0 Å². The lowest BCUT2D eigenvalue weighted by molar-refractivity contribution is 1.27. The van der Waals surface area contributed by atoms with Crippen molar-refractivity contribution in [3.05, 3.63) is 243 Å². The standard InChI is InChI=1S/C71H62N6/c1-42-36-45(4)65(46(5)37-42)69-59-30-28-57(73-59)68(51-20-22-52(23-21-51)72-53-24-26-56(27-25-53)77(54-16-12-10-13-17-54)55-18-14-11-15-19-55)58-29-31-60(74-58)70(66-47(6)38-43(2)39-48(66)7)62-33-35-64(76-62)71(63-34-32-61(69)75-63)67-49(8)40-44(3)41-50(67)9/h10-41,72-73,76H,1-9H3. The average molecular weight is 999 g/mol. The fourth-order valence-corrected chi connectivity index (χ4v) is 12.2. The summed E-state index contributed by atoms with van der Waals surface area (Å²) < 4.78 is 0. The van der Waals surface area contributed by atoms with Crippen molar-refractivity contribution >= 4 is 74.8 Å². The van der Waals surface area contributed by atoms with Gasteiger partial charge < -0.3 is 20.2 Å². The maximum absolute atomic E-state index is 5.67. The summed E-state index contributed by atoms with van der Waals surface area (Å²) in [4.78, 5) is 21.6. The largest absolute Gasteiger partial charge is 0.356 e. The molecule has 12 rings (SSSR count). The van der Waals surface area contributed by atoms with Crippen molar-refractivity contribution in [3.8, 4) is 44.5 Å². The van der Waals surface area contributed by atoms with E-state index in [0.29, 0.717) is 0 Å². The van der Waals surface area contributed by atoms with Gasteiger partial charge in [-0.25, -0.2) is 9.97 Å². The van der Waals surface area contributed by atoms with Crippen molar-refractivity contribution in [2.45, 2.75) is 62.3 Å². The number of nitrogens with one attached hydrogen (secondary N) is 3. The Morgan fingerprint density at radius 3 is 0.961 bits per heavy atom. The second-order valence-corrected chi connectivity index (χ2v) is 21.1. The number of H-pyrrole nitrogens is 2. The molecular formula is C71H62N6. The normalized spacial score (nSPS) is 11.9. The molecule has 2 aliphatic heterocycles. The molecule has 3 N–H and O–H groups in total. The molecule has 0 unspecified atom stereocenters. The smallest absolute Gasteiger partial charge is 0.0737 e. The van der Waals surface area contributed by atoms with E-state index >= 15 is 0 Å². The highest BCUT2D eigenvalue weighted by Gasteiger charge is 2.23. The molecule has 0 saturated heterocycles. The van der Waals surface area contributed by atoms with Gasteiger partial charge in [0, 0.05) is 72.8 Å². The van der Waals surface area contributed by atoms with Crippen LogP contribution in [0.2, 0.25) is 0 Å². The molecule has 10 aromatic rings. The molecule has 3 aromatic heterocycles. The monoisotopic (exact) mass is 999 g/mol. The van der Waals surface area contributed by atoms with E-state index in [0.717, 1.165) is 101 Å². The number of benzene rings is 7. The number of anilines is 5. The van der Waals surface area contributed by atoms with Gasteiger partial charge in [-0.15, -0.1) is 0 Å². The highest BCUT2D eigenvalue weighted by Crippen LogP contribution is 2.43. The van der Waals surface area contributed by atoms with Crippen LogP contribution in [0.4, 0.5) is 28.4 Å². The number of aromatic nitrogens is 4. The summed E-state index contributed by atoms with van der Waals surface area (Å²) in [6, 6.07) is 61.0. The van der Waals surface area contributed by atoms with E-state index in [9.17, 15) is 0 Å². The van der Waals surface area contributed by atoms with Gasteiger partial charge in [0.25, 0.3) is 0 Å². The second kappa shape index (κ2) is 19.8. The molecule has 8 bridgehead atoms. The SMILES string of the molecule is Cc1cc(C)c(-c2c3nc(c(-c4c(C)cc(C)cc4C)c4ccc([nH]4)c(-c4c(C)cc(C)cc4C)c4nc(c(-c5ccc(Nc6ccc(N(c7ccccc7)c7ccccc7)cc6)cc5)c5ccc2[nH]5)C=C4)C=C3)c(C)c1. The number of hydrogen-bond donors (Lipinski definition) is 3. The number of rotatable bonds is 9. The van der Waals surface area contributed by atoms with Gasteiger partial charge in [-0.3, -0.25) is 0 Å². The van der Waals surface area contributed by atoms with Crippen LogP contribution in [0.1, 0.15) is 72.8 Å². The number of aromatic amines is 2. The number of para-hydroxylation sites is 2. The number of fused-ring (bicyclic) bond motifs is 8. The predicted octanol–water partition coefficient (Wildman–Crippen LogP) is 19.3. The maximum atomic E-state index is 5.67. The van der Waals surface area contributed by atoms with Crippen LogP contribution in [0.5, 0.6) is 0 Å². The summed E-state index contributed by atoms with van der Waals surface area (Å²) in [5.74, 6) is 0. The van der Waals surface area contributed by atoms with Crippen molar-refractivity contribution in [3.63, 3.8) is 0 Å². The first-order valence-corrected chi connectivity index (χ1v) is 26.6. The molecule has 0 atom stereocenters. The molecule has 0 spiro atoms. The van der Waals surface area contributed by atoms with Crippen LogP contribution in [-0.2, 0) is 0 Å². The van der Waals surface area contributed by atoms with Gasteiger partial charge in [-0.1, -0.05) is 102 Å². The van der Waals surface area contributed by atoms with Crippen LogP contribution in [0, 0.1) is 62.3 Å². The van der Waals surface area contributed by atoms with E-state index < -0.39 is 0 Å². The van der Waals surface area contributed by atoms with Crippen molar-refractivity contribution < 1.29 is 0 Å². The van der Waals surface area contributed by atoms with Crippen LogP contribution in [0.15, 0.2) is 170 Å². The Balaban J connectivity index is 1.07. The van der Waals surface area contributed by atoms with Crippen LogP contribution < -0.4 is 10.2 Å². The molecule has 0 saturated carbocycles. The summed E-state index contributed by atoms with van der Waals surface area (Å²) in [7, 11) is 0. The molecule has 6 heteroatoms. The second-order valence-electron chi connectivity index (χ2n) is 21.1. The van der Waals surface area contributed by atoms with Crippen LogP contribution >= 0.6 is 0 Å². The Hall–Kier alpha value is -9.26. The van der Waals surface area contributed by atoms with Gasteiger partial charge >= 0.3 is 0 Å². The number of hydrogen-bond acceptors (Lipinski definition) is 4. The molecule has 7 aromatic carbocycles. The maximum Gasteiger partial charge on any atom is 0.0737 e. The topological polar surface area (TPSA) is 72.6 Å². The molecule has 0 aliphatic carbocycles. The lowest BCUT2D eigenvalue weighted by Gasteiger charge is -2.25. The van der Waals surface area contributed by atoms with E-state index in [-0.39, 0.29) is 0 Å². The lowest BCUT2D eigenvalue weighted by Crippen LogP contribution is -2.09. The zero-order valence-electron chi connectivity index (χ0n) is 45.3. The van der Waals surface area contributed by atoms with Gasteiger partial charge in [0.05, 0.1) is 22.8 Å². The fourth-order valence-electron chi connectivity index (χ4n) is 12.2. The highest BCUT2D eigenvalue weighted by molar-refractivity contribution is 6.01. The van der Waals surface area contributed by atoms with Gasteiger partial charge in [0.1, 0.15) is 0 Å². The molecule has 0 radical (unpaired) electrons. The van der Waals surface area contributed by atoms with E-state index in [1.807, 2.05) is 0 Å². The third-order valence-corrected chi connectivity index (χ3v) is 15.2. The minimum Gasteiger partial charge on any atom is -0.356 e. The van der Waals surface area contributed by atoms with E-state index in [4.69, 9.17) is 9.97 Å². The Morgan fingerprint density at radius 2 is 0.610 bits per heavy atom. The lowest BCUT2D eigenvalue weighted by atomic mass is 9.92. The average Bonchev–Trinajstić information content (AvgIpc) is 4.26. The molecule has 77 heavy (non-hydrogen) atoms. The summed E-state index contributed by atoms with van der Waals surface area (Å²) >= 11 is 0. The van der Waals surface area contributed by atoms with Gasteiger partial charge in [-0.2, -0.15) is 0 Å². The van der Waals surface area contributed by atoms with E-state index in [1.165, 1.54) is 66.8 Å². The fraction of sp³-hybridized carbons (Fsp3) is 0.127. The van der Waals surface area contributed by atoms with Crippen molar-refractivity contribution in [1.82, 2.24) is 19.9 Å². The first-order chi connectivity index (χ1) is 37.3. The third-order valence-electron chi connectivity index (χ3n) is 15.2. The third kappa shape index (κ3) is 9.16. The molecule has 5 heterocycles. The minimum absolute atomic E-state index is 0.876. The van der Waals surface area contributed by atoms with Gasteiger partial charge in [0.2, 0.25) is 0 Å². The molecule has 0 amide bonds. The first kappa shape index (κ1) is 48.7. The van der Waals surface area contributed by atoms with Crippen molar-refractivity contribution in [2.24, 2.45) is 0 Å². The highest BCUT2D eigenvalue weighted by atomic mass is 15.1. The Bertz CT molecular complexity index is 4030. The van der Waals surface area contributed by atoms with Crippen LogP contribution in [0.3, 0.4) is 0 Å². The molecule has 0 fully saturated rings. The minimum atomic E-state index is 0.876. The summed E-state index contributed by atoms with van der Waals surface area (Å²) in [5.41, 5.74) is 32.5. The summed E-state index contributed by atoms with van der Waals surface area (Å²) in [5, 5.41) is 3.69. The van der Waals surface area contributed by atoms with Crippen LogP contribution in [-0.4, -0.2) is 19.9 Å². The predicted molar refractivity (Wildman–Crippen MR) is 328 cm³/mol. The Kier molecular flexibility index (Phi) is 12.5. The zero-order chi connectivity index (χ0) is 53.1.